The monoisotopic (exact) mass is 386 g/mol. The number of imidazole rings is 1. The van der Waals surface area contributed by atoms with Gasteiger partial charge >= 0.3 is 0 Å². The normalized spacial score (nSPS) is 13.1. The van der Waals surface area contributed by atoms with Crippen molar-refractivity contribution < 1.29 is 17.9 Å². The largest absolute Gasteiger partial charge is 0.383 e. The third-order valence-corrected chi connectivity index (χ3v) is 5.37. The van der Waals surface area contributed by atoms with Crippen LogP contribution in [0.15, 0.2) is 28.3 Å². The molecule has 0 unspecified atom stereocenters. The van der Waals surface area contributed by atoms with Crippen molar-refractivity contribution in [2.24, 2.45) is 5.14 Å². The zero-order valence-electron chi connectivity index (χ0n) is 14.4. The van der Waals surface area contributed by atoms with Crippen LogP contribution in [0.2, 0.25) is 0 Å². The van der Waals surface area contributed by atoms with Crippen molar-refractivity contribution in [3.8, 4) is 0 Å². The number of benzene rings is 1. The highest BCUT2D eigenvalue weighted by Crippen LogP contribution is 2.25. The van der Waals surface area contributed by atoms with Gasteiger partial charge in [-0.15, -0.1) is 0 Å². The molecule has 1 aromatic carbocycles. The van der Waals surface area contributed by atoms with E-state index in [1.165, 1.54) is 23.9 Å². The van der Waals surface area contributed by atoms with Gasteiger partial charge in [-0.25, -0.2) is 18.5 Å². The number of nitrogens with zero attached hydrogens (tertiary/aromatic N) is 2. The number of fused-ring (bicyclic) bond motifs is 1. The van der Waals surface area contributed by atoms with Gasteiger partial charge in [-0.05, 0) is 32.0 Å². The minimum absolute atomic E-state index is 0.0171. The molecule has 1 atom stereocenters. The van der Waals surface area contributed by atoms with Gasteiger partial charge in [0.15, 0.2) is 5.16 Å². The lowest BCUT2D eigenvalue weighted by Crippen LogP contribution is -2.36. The summed E-state index contributed by atoms with van der Waals surface area (Å²) in [7, 11) is -2.20. The minimum Gasteiger partial charge on any atom is -0.383 e. The number of hydrogen-bond acceptors (Lipinski definition) is 6. The van der Waals surface area contributed by atoms with Crippen LogP contribution in [0.1, 0.15) is 13.8 Å². The number of nitrogens with two attached hydrogens (primary N) is 1. The number of ether oxygens (including phenoxy) is 1. The number of hydrogen-bond donors (Lipinski definition) is 2. The van der Waals surface area contributed by atoms with E-state index in [-0.39, 0.29) is 22.6 Å². The fourth-order valence-corrected chi connectivity index (χ4v) is 3.84. The highest BCUT2D eigenvalue weighted by Gasteiger charge is 2.16. The Morgan fingerprint density at radius 2 is 2.20 bits per heavy atom. The Kier molecular flexibility index (Phi) is 6.44. The number of amides is 1. The molecular formula is C15H22N4O4S2. The zero-order valence-corrected chi connectivity index (χ0v) is 16.0. The second-order valence-electron chi connectivity index (χ2n) is 5.55. The van der Waals surface area contributed by atoms with E-state index in [1.54, 1.807) is 13.2 Å². The first-order valence-electron chi connectivity index (χ1n) is 7.70. The van der Waals surface area contributed by atoms with Crippen molar-refractivity contribution in [2.45, 2.75) is 36.5 Å². The Balaban J connectivity index is 2.19. The van der Waals surface area contributed by atoms with Crippen LogP contribution in [0.4, 0.5) is 0 Å². The zero-order chi connectivity index (χ0) is 18.6. The highest BCUT2D eigenvalue weighted by molar-refractivity contribution is 7.99. The number of sulfonamides is 1. The first-order valence-corrected chi connectivity index (χ1v) is 10.2. The predicted octanol–water partition coefficient (Wildman–Crippen LogP) is 0.947. The van der Waals surface area contributed by atoms with Crippen LogP contribution in [-0.2, 0) is 26.1 Å². The van der Waals surface area contributed by atoms with Crippen LogP contribution in [0.5, 0.6) is 0 Å². The third-order valence-electron chi connectivity index (χ3n) is 3.49. The molecule has 138 valence electrons. The Morgan fingerprint density at radius 3 is 2.80 bits per heavy atom. The molecule has 3 N–H and O–H groups in total. The first kappa shape index (κ1) is 19.7. The molecule has 0 aliphatic carbocycles. The summed E-state index contributed by atoms with van der Waals surface area (Å²) in [5.74, 6) is 0.0915. The molecule has 0 saturated heterocycles. The lowest BCUT2D eigenvalue weighted by Gasteiger charge is -2.12. The van der Waals surface area contributed by atoms with Crippen LogP contribution in [0.25, 0.3) is 11.0 Å². The van der Waals surface area contributed by atoms with Crippen LogP contribution in [0, 0.1) is 0 Å². The van der Waals surface area contributed by atoms with E-state index < -0.39 is 10.0 Å². The van der Waals surface area contributed by atoms with Gasteiger partial charge in [-0.3, -0.25) is 4.79 Å². The molecule has 8 nitrogen and oxygen atoms in total. The summed E-state index contributed by atoms with van der Waals surface area (Å²) in [6, 6.07) is 4.51. The van der Waals surface area contributed by atoms with Gasteiger partial charge in [0.05, 0.1) is 28.3 Å². The highest BCUT2D eigenvalue weighted by atomic mass is 32.2. The Hall–Kier alpha value is -1.62. The maximum atomic E-state index is 12.0. The van der Waals surface area contributed by atoms with Crippen molar-refractivity contribution in [1.29, 1.82) is 0 Å². The van der Waals surface area contributed by atoms with Crippen molar-refractivity contribution in [3.05, 3.63) is 18.2 Å². The van der Waals surface area contributed by atoms with Crippen molar-refractivity contribution >= 4 is 38.7 Å². The van der Waals surface area contributed by atoms with Gasteiger partial charge in [0, 0.05) is 19.7 Å². The van der Waals surface area contributed by atoms with Crippen molar-refractivity contribution in [2.75, 3.05) is 19.5 Å². The number of methoxy groups -OCH3 is 1. The average molecular weight is 386 g/mol. The molecule has 1 heterocycles. The fraction of sp³-hybridized carbons (Fsp3) is 0.467. The SMILES string of the molecule is CCn1c(SCC(=O)N[C@@H](C)COC)nc2cc(S(N)(=O)=O)ccc21. The van der Waals surface area contributed by atoms with Gasteiger partial charge in [-0.1, -0.05) is 11.8 Å². The summed E-state index contributed by atoms with van der Waals surface area (Å²) in [5, 5.41) is 8.65. The molecule has 2 rings (SSSR count). The molecule has 0 aliphatic rings. The Bertz CT molecular complexity index is 864. The average Bonchev–Trinajstić information content (AvgIpc) is 2.88. The summed E-state index contributed by atoms with van der Waals surface area (Å²) in [4.78, 5) is 16.4. The molecule has 0 radical (unpaired) electrons. The number of aryl methyl sites for hydroxylation is 1. The second-order valence-corrected chi connectivity index (χ2v) is 8.05. The van der Waals surface area contributed by atoms with Gasteiger partial charge in [-0.2, -0.15) is 0 Å². The summed E-state index contributed by atoms with van der Waals surface area (Å²) >= 11 is 1.30. The molecule has 0 bridgehead atoms. The minimum atomic E-state index is -3.78. The summed E-state index contributed by atoms with van der Waals surface area (Å²) in [6.45, 7) is 4.91. The van der Waals surface area contributed by atoms with Crippen molar-refractivity contribution in [3.63, 3.8) is 0 Å². The number of aromatic nitrogens is 2. The van der Waals surface area contributed by atoms with E-state index in [0.717, 1.165) is 5.52 Å². The van der Waals surface area contributed by atoms with Gasteiger partial charge in [0.25, 0.3) is 0 Å². The molecule has 0 spiro atoms. The fourth-order valence-electron chi connectivity index (χ4n) is 2.42. The van der Waals surface area contributed by atoms with Crippen LogP contribution in [0.3, 0.4) is 0 Å². The third kappa shape index (κ3) is 4.94. The molecule has 25 heavy (non-hydrogen) atoms. The summed E-state index contributed by atoms with van der Waals surface area (Å²) in [6.07, 6.45) is 0. The molecule has 0 saturated carbocycles. The summed E-state index contributed by atoms with van der Waals surface area (Å²) in [5.41, 5.74) is 1.33. The maximum absolute atomic E-state index is 12.0. The lowest BCUT2D eigenvalue weighted by atomic mass is 10.3. The number of carbonyl (C=O) groups excluding carboxylic acids is 1. The smallest absolute Gasteiger partial charge is 0.238 e. The number of thioether (sulfide) groups is 1. The van der Waals surface area contributed by atoms with Crippen LogP contribution in [-0.4, -0.2) is 49.4 Å². The van der Waals surface area contributed by atoms with E-state index in [9.17, 15) is 13.2 Å². The van der Waals surface area contributed by atoms with Gasteiger partial charge in [0.2, 0.25) is 15.9 Å². The molecule has 10 heteroatoms. The quantitative estimate of drug-likeness (QED) is 0.653. The molecule has 0 fully saturated rings. The van der Waals surface area contributed by atoms with E-state index in [0.29, 0.717) is 23.8 Å². The standard InChI is InChI=1S/C15H22N4O4S2/c1-4-19-13-6-5-11(25(16,21)22)7-12(13)18-15(19)24-9-14(20)17-10(2)8-23-3/h5-7,10H,4,8-9H2,1-3H3,(H,17,20)(H2,16,21,22)/t10-/m0/s1. The van der Waals surface area contributed by atoms with E-state index in [4.69, 9.17) is 9.88 Å². The Labute approximate surface area is 151 Å². The predicted molar refractivity (Wildman–Crippen MR) is 97.0 cm³/mol. The lowest BCUT2D eigenvalue weighted by molar-refractivity contribution is -0.119. The number of rotatable bonds is 8. The van der Waals surface area contributed by atoms with Crippen LogP contribution < -0.4 is 10.5 Å². The van der Waals surface area contributed by atoms with E-state index in [2.05, 4.69) is 10.3 Å². The summed E-state index contributed by atoms with van der Waals surface area (Å²) < 4.78 is 29.9. The maximum Gasteiger partial charge on any atom is 0.238 e. The molecule has 1 amide bonds. The topological polar surface area (TPSA) is 116 Å². The van der Waals surface area contributed by atoms with Crippen molar-refractivity contribution in [1.82, 2.24) is 14.9 Å². The molecule has 0 aliphatic heterocycles. The van der Waals surface area contributed by atoms with Crippen LogP contribution >= 0.6 is 11.8 Å². The second kappa shape index (κ2) is 8.17. The molecule has 2 aromatic rings. The van der Waals surface area contributed by atoms with E-state index in [1.807, 2.05) is 18.4 Å². The number of primary sulfonamides is 1. The first-order chi connectivity index (χ1) is 11.8. The number of nitrogens with one attached hydrogen (secondary N) is 1. The Morgan fingerprint density at radius 1 is 1.48 bits per heavy atom. The molecule has 1 aromatic heterocycles. The van der Waals surface area contributed by atoms with Gasteiger partial charge < -0.3 is 14.6 Å². The number of carbonyl (C=O) groups is 1. The van der Waals surface area contributed by atoms with E-state index >= 15 is 0 Å². The van der Waals surface area contributed by atoms with Gasteiger partial charge in [0.1, 0.15) is 0 Å². The molecular weight excluding hydrogens is 364 g/mol.